The molecule has 0 spiro atoms. The largest absolute Gasteiger partial charge is 0.490 e. The van der Waals surface area contributed by atoms with Crippen molar-refractivity contribution in [3.05, 3.63) is 42.0 Å². The van der Waals surface area contributed by atoms with Crippen LogP contribution < -0.4 is 10.5 Å². The van der Waals surface area contributed by atoms with Crippen LogP contribution in [-0.2, 0) is 0 Å². The standard InChI is InChI=1S/C21H27N3O/c1-13(2)18-11-16(25-20-10-15-9-14(20)12-24(15)3)7-8-17(18)19-5-4-6-21(22)23-19/h4-8,11,13-15,20H,9-10,12H2,1-3H3,(H2,22,23). The lowest BCUT2D eigenvalue weighted by Crippen LogP contribution is -2.37. The van der Waals surface area contributed by atoms with Gasteiger partial charge < -0.3 is 15.4 Å². The summed E-state index contributed by atoms with van der Waals surface area (Å²) in [4.78, 5) is 6.96. The van der Waals surface area contributed by atoms with E-state index in [0.717, 1.165) is 30.0 Å². The van der Waals surface area contributed by atoms with Gasteiger partial charge in [0.2, 0.25) is 0 Å². The Morgan fingerprint density at radius 3 is 2.68 bits per heavy atom. The van der Waals surface area contributed by atoms with Crippen molar-refractivity contribution < 1.29 is 4.74 Å². The van der Waals surface area contributed by atoms with Crippen LogP contribution >= 0.6 is 0 Å². The zero-order valence-electron chi connectivity index (χ0n) is 15.3. The Kier molecular flexibility index (Phi) is 4.16. The molecule has 1 aliphatic heterocycles. The van der Waals surface area contributed by atoms with Gasteiger partial charge in [-0.05, 0) is 55.3 Å². The molecule has 2 aromatic rings. The fourth-order valence-corrected chi connectivity index (χ4v) is 4.37. The minimum absolute atomic E-state index is 0.359. The van der Waals surface area contributed by atoms with Gasteiger partial charge in [0.15, 0.2) is 0 Å². The Morgan fingerprint density at radius 2 is 2.04 bits per heavy atom. The summed E-state index contributed by atoms with van der Waals surface area (Å²) in [5.74, 6) is 2.61. The molecule has 4 rings (SSSR count). The van der Waals surface area contributed by atoms with Gasteiger partial charge in [-0.2, -0.15) is 0 Å². The molecule has 4 nitrogen and oxygen atoms in total. The highest BCUT2D eigenvalue weighted by Gasteiger charge is 2.44. The van der Waals surface area contributed by atoms with E-state index in [1.54, 1.807) is 0 Å². The second-order valence-electron chi connectivity index (χ2n) is 7.83. The number of piperidine rings is 1. The fourth-order valence-electron chi connectivity index (χ4n) is 4.37. The van der Waals surface area contributed by atoms with Gasteiger partial charge in [-0.25, -0.2) is 4.98 Å². The second-order valence-corrected chi connectivity index (χ2v) is 7.83. The minimum Gasteiger partial charge on any atom is -0.490 e. The smallest absolute Gasteiger partial charge is 0.124 e. The molecule has 3 unspecified atom stereocenters. The molecule has 4 heteroatoms. The zero-order chi connectivity index (χ0) is 17.6. The molecular formula is C21H27N3O. The summed E-state index contributed by atoms with van der Waals surface area (Å²) in [6.07, 6.45) is 2.79. The summed E-state index contributed by atoms with van der Waals surface area (Å²) in [7, 11) is 2.23. The number of nitrogens with zero attached hydrogens (tertiary/aromatic N) is 2. The molecular weight excluding hydrogens is 310 g/mol. The summed E-state index contributed by atoms with van der Waals surface area (Å²) >= 11 is 0. The Hall–Kier alpha value is -2.07. The van der Waals surface area contributed by atoms with Gasteiger partial charge >= 0.3 is 0 Å². The number of likely N-dealkylation sites (tertiary alicyclic amines) is 1. The van der Waals surface area contributed by atoms with Crippen molar-refractivity contribution in [2.75, 3.05) is 19.3 Å². The summed E-state index contributed by atoms with van der Waals surface area (Å²) in [5.41, 5.74) is 9.20. The molecule has 2 bridgehead atoms. The summed E-state index contributed by atoms with van der Waals surface area (Å²) in [6.45, 7) is 5.58. The molecule has 1 saturated heterocycles. The maximum absolute atomic E-state index is 6.39. The van der Waals surface area contributed by atoms with Crippen LogP contribution in [0.3, 0.4) is 0 Å². The Balaban J connectivity index is 1.60. The average molecular weight is 337 g/mol. The first-order valence-corrected chi connectivity index (χ1v) is 9.25. The number of nitrogen functional groups attached to an aromatic ring is 1. The highest BCUT2D eigenvalue weighted by molar-refractivity contribution is 5.67. The molecule has 3 atom stereocenters. The van der Waals surface area contributed by atoms with E-state index in [9.17, 15) is 0 Å². The van der Waals surface area contributed by atoms with E-state index in [2.05, 4.69) is 49.0 Å². The molecule has 1 saturated carbocycles. The van der Waals surface area contributed by atoms with Gasteiger partial charge in [0.25, 0.3) is 0 Å². The second kappa shape index (κ2) is 6.34. The lowest BCUT2D eigenvalue weighted by molar-refractivity contribution is 0.105. The van der Waals surface area contributed by atoms with Crippen molar-refractivity contribution >= 4 is 5.82 Å². The summed E-state index contributed by atoms with van der Waals surface area (Å²) < 4.78 is 6.39. The van der Waals surface area contributed by atoms with Gasteiger partial charge in [0.05, 0.1) is 5.69 Å². The number of hydrogen-bond acceptors (Lipinski definition) is 4. The monoisotopic (exact) mass is 337 g/mol. The van der Waals surface area contributed by atoms with Crippen molar-refractivity contribution in [2.24, 2.45) is 5.92 Å². The van der Waals surface area contributed by atoms with Crippen LogP contribution in [-0.4, -0.2) is 35.6 Å². The number of fused-ring (bicyclic) bond motifs is 2. The number of benzene rings is 1. The number of nitrogens with two attached hydrogens (primary N) is 1. The van der Waals surface area contributed by atoms with E-state index in [-0.39, 0.29) is 0 Å². The number of anilines is 1. The third kappa shape index (κ3) is 3.11. The quantitative estimate of drug-likeness (QED) is 0.918. The molecule has 2 fully saturated rings. The van der Waals surface area contributed by atoms with Gasteiger partial charge in [-0.15, -0.1) is 0 Å². The van der Waals surface area contributed by atoms with E-state index in [0.29, 0.717) is 29.8 Å². The fraction of sp³-hybridized carbons (Fsp3) is 0.476. The Labute approximate surface area is 150 Å². The van der Waals surface area contributed by atoms with Gasteiger partial charge in [-0.1, -0.05) is 19.9 Å². The van der Waals surface area contributed by atoms with Gasteiger partial charge in [0, 0.05) is 30.5 Å². The van der Waals surface area contributed by atoms with Crippen molar-refractivity contribution in [1.29, 1.82) is 0 Å². The number of ether oxygens (including phenoxy) is 1. The third-order valence-corrected chi connectivity index (χ3v) is 5.73. The number of aromatic nitrogens is 1. The lowest BCUT2D eigenvalue weighted by Gasteiger charge is -2.29. The van der Waals surface area contributed by atoms with Crippen LogP contribution in [0.2, 0.25) is 0 Å². The summed E-state index contributed by atoms with van der Waals surface area (Å²) in [6, 6.07) is 12.9. The highest BCUT2D eigenvalue weighted by Crippen LogP contribution is 2.40. The molecule has 2 N–H and O–H groups in total. The molecule has 0 amide bonds. The highest BCUT2D eigenvalue weighted by atomic mass is 16.5. The predicted molar refractivity (Wildman–Crippen MR) is 102 cm³/mol. The molecule has 25 heavy (non-hydrogen) atoms. The number of pyridine rings is 1. The van der Waals surface area contributed by atoms with Crippen LogP contribution in [0, 0.1) is 5.92 Å². The predicted octanol–water partition coefficient (Wildman–Crippen LogP) is 3.93. The summed E-state index contributed by atoms with van der Waals surface area (Å²) in [5, 5.41) is 0. The van der Waals surface area contributed by atoms with Crippen LogP contribution in [0.5, 0.6) is 5.75 Å². The van der Waals surface area contributed by atoms with Crippen molar-refractivity contribution in [3.8, 4) is 17.0 Å². The molecule has 1 aromatic carbocycles. The minimum atomic E-state index is 0.359. The first-order chi connectivity index (χ1) is 12.0. The molecule has 2 heterocycles. The van der Waals surface area contributed by atoms with Gasteiger partial charge in [0.1, 0.15) is 17.7 Å². The zero-order valence-corrected chi connectivity index (χ0v) is 15.3. The van der Waals surface area contributed by atoms with E-state index in [4.69, 9.17) is 10.5 Å². The molecule has 1 aliphatic carbocycles. The van der Waals surface area contributed by atoms with Crippen LogP contribution in [0.1, 0.15) is 38.2 Å². The van der Waals surface area contributed by atoms with Crippen LogP contribution in [0.25, 0.3) is 11.3 Å². The topological polar surface area (TPSA) is 51.4 Å². The van der Waals surface area contributed by atoms with Crippen molar-refractivity contribution in [2.45, 2.75) is 44.8 Å². The van der Waals surface area contributed by atoms with Crippen LogP contribution in [0.4, 0.5) is 5.82 Å². The molecule has 132 valence electrons. The Bertz CT molecular complexity index is 771. The maximum atomic E-state index is 6.39. The SMILES string of the molecule is CC(C)c1cc(OC2CC3CC2CN3C)ccc1-c1cccc(N)n1. The first kappa shape index (κ1) is 16.4. The van der Waals surface area contributed by atoms with Crippen molar-refractivity contribution in [3.63, 3.8) is 0 Å². The number of rotatable bonds is 4. The normalized spacial score (nSPS) is 25.7. The van der Waals surface area contributed by atoms with Gasteiger partial charge in [-0.3, -0.25) is 0 Å². The van der Waals surface area contributed by atoms with E-state index >= 15 is 0 Å². The molecule has 0 radical (unpaired) electrons. The average Bonchev–Trinajstić information content (AvgIpc) is 3.13. The lowest BCUT2D eigenvalue weighted by atomic mass is 9.94. The molecule has 2 aliphatic rings. The number of hydrogen-bond donors (Lipinski definition) is 1. The van der Waals surface area contributed by atoms with E-state index < -0.39 is 0 Å². The van der Waals surface area contributed by atoms with E-state index in [1.807, 2.05) is 18.2 Å². The maximum Gasteiger partial charge on any atom is 0.124 e. The van der Waals surface area contributed by atoms with Crippen molar-refractivity contribution in [1.82, 2.24) is 9.88 Å². The van der Waals surface area contributed by atoms with E-state index in [1.165, 1.54) is 12.0 Å². The first-order valence-electron chi connectivity index (χ1n) is 9.25. The van der Waals surface area contributed by atoms with Crippen LogP contribution in [0.15, 0.2) is 36.4 Å². The molecule has 1 aromatic heterocycles. The Morgan fingerprint density at radius 1 is 1.20 bits per heavy atom. The third-order valence-electron chi connectivity index (χ3n) is 5.73.